The summed E-state index contributed by atoms with van der Waals surface area (Å²) in [4.78, 5) is 3.94. The van der Waals surface area contributed by atoms with Crippen LogP contribution in [0.25, 0.3) is 0 Å². The van der Waals surface area contributed by atoms with Crippen LogP contribution >= 0.6 is 0 Å². The van der Waals surface area contributed by atoms with Gasteiger partial charge in [-0.15, -0.1) is 0 Å². The van der Waals surface area contributed by atoms with E-state index >= 15 is 0 Å². The third-order valence-electron chi connectivity index (χ3n) is 2.01. The Kier molecular flexibility index (Phi) is 2.58. The van der Waals surface area contributed by atoms with Crippen molar-refractivity contribution in [2.45, 2.75) is 13.5 Å². The number of nitrogens with two attached hydrogens (primary N) is 1. The summed E-state index contributed by atoms with van der Waals surface area (Å²) < 4.78 is 10.6. The van der Waals surface area contributed by atoms with Crippen molar-refractivity contribution in [2.24, 2.45) is 0 Å². The molecule has 0 saturated carbocycles. The van der Waals surface area contributed by atoms with Crippen LogP contribution in [0.3, 0.4) is 0 Å². The lowest BCUT2D eigenvalue weighted by atomic mass is 10.2. The minimum atomic E-state index is 0.294. The zero-order chi connectivity index (χ0) is 10.7. The van der Waals surface area contributed by atoms with Gasteiger partial charge in [-0.05, 0) is 18.6 Å². The maximum atomic E-state index is 5.52. The first-order valence-electron chi connectivity index (χ1n) is 4.64. The molecule has 0 radical (unpaired) electrons. The molecule has 2 rings (SSSR count). The molecule has 4 nitrogen and oxygen atoms in total. The number of anilines is 1. The first kappa shape index (κ1) is 9.58. The van der Waals surface area contributed by atoms with E-state index < -0.39 is 0 Å². The molecular formula is C11H12N2O2. The number of hydrogen-bond acceptors (Lipinski definition) is 4. The van der Waals surface area contributed by atoms with E-state index in [0.717, 1.165) is 11.3 Å². The highest BCUT2D eigenvalue weighted by Gasteiger charge is 2.03. The Morgan fingerprint density at radius 1 is 1.40 bits per heavy atom. The Labute approximate surface area is 87.7 Å². The van der Waals surface area contributed by atoms with Gasteiger partial charge in [-0.2, -0.15) is 4.98 Å². The van der Waals surface area contributed by atoms with Gasteiger partial charge in [-0.3, -0.25) is 0 Å². The summed E-state index contributed by atoms with van der Waals surface area (Å²) in [7, 11) is 0. The summed E-state index contributed by atoms with van der Waals surface area (Å²) in [5.41, 5.74) is 6.50. The van der Waals surface area contributed by atoms with Gasteiger partial charge in [0.1, 0.15) is 12.0 Å². The minimum absolute atomic E-state index is 0.294. The number of hydrogen-bond donors (Lipinski definition) is 1. The molecular weight excluding hydrogens is 192 g/mol. The summed E-state index contributed by atoms with van der Waals surface area (Å²) in [6.45, 7) is 2.28. The van der Waals surface area contributed by atoms with Crippen LogP contribution in [0.4, 0.5) is 5.82 Å². The largest absolute Gasteiger partial charge is 0.484 e. The molecule has 0 fully saturated rings. The SMILES string of the molecule is Cc1ccccc1OCc1nc(N)co1. The number of aromatic nitrogens is 1. The zero-order valence-electron chi connectivity index (χ0n) is 8.43. The standard InChI is InChI=1S/C11H12N2O2/c1-8-4-2-3-5-9(8)14-7-11-13-10(12)6-15-11/h2-6H,7,12H2,1H3. The third kappa shape index (κ3) is 2.28. The molecule has 78 valence electrons. The van der Waals surface area contributed by atoms with Crippen LogP contribution in [0.5, 0.6) is 5.75 Å². The highest BCUT2D eigenvalue weighted by atomic mass is 16.5. The first-order valence-corrected chi connectivity index (χ1v) is 4.64. The van der Waals surface area contributed by atoms with E-state index in [1.807, 2.05) is 31.2 Å². The Morgan fingerprint density at radius 3 is 2.87 bits per heavy atom. The third-order valence-corrected chi connectivity index (χ3v) is 2.01. The van der Waals surface area contributed by atoms with E-state index in [9.17, 15) is 0 Å². The van der Waals surface area contributed by atoms with Crippen LogP contribution < -0.4 is 10.5 Å². The van der Waals surface area contributed by atoms with Gasteiger partial charge in [-0.1, -0.05) is 18.2 Å². The van der Waals surface area contributed by atoms with Crippen LogP contribution in [-0.4, -0.2) is 4.98 Å². The molecule has 15 heavy (non-hydrogen) atoms. The average Bonchev–Trinajstić information content (AvgIpc) is 2.63. The molecule has 0 amide bonds. The molecule has 1 aromatic carbocycles. The molecule has 0 atom stereocenters. The van der Waals surface area contributed by atoms with Crippen molar-refractivity contribution in [3.63, 3.8) is 0 Å². The van der Waals surface area contributed by atoms with Crippen molar-refractivity contribution in [3.8, 4) is 5.75 Å². The first-order chi connectivity index (χ1) is 7.25. The topological polar surface area (TPSA) is 61.3 Å². The number of rotatable bonds is 3. The molecule has 0 aliphatic carbocycles. The van der Waals surface area contributed by atoms with E-state index in [-0.39, 0.29) is 0 Å². The highest BCUT2D eigenvalue weighted by molar-refractivity contribution is 5.31. The lowest BCUT2D eigenvalue weighted by molar-refractivity contribution is 0.261. The van der Waals surface area contributed by atoms with Gasteiger partial charge in [0.2, 0.25) is 5.89 Å². The average molecular weight is 204 g/mol. The number of oxazole rings is 1. The van der Waals surface area contributed by atoms with Gasteiger partial charge in [0.05, 0.1) is 0 Å². The van der Waals surface area contributed by atoms with E-state index in [2.05, 4.69) is 4.98 Å². The Morgan fingerprint density at radius 2 is 2.20 bits per heavy atom. The van der Waals surface area contributed by atoms with Gasteiger partial charge in [-0.25, -0.2) is 0 Å². The quantitative estimate of drug-likeness (QED) is 0.832. The maximum Gasteiger partial charge on any atom is 0.234 e. The van der Waals surface area contributed by atoms with Crippen LogP contribution in [-0.2, 0) is 6.61 Å². The number of ether oxygens (including phenoxy) is 1. The second-order valence-electron chi connectivity index (χ2n) is 3.22. The van der Waals surface area contributed by atoms with Crippen LogP contribution in [0, 0.1) is 6.92 Å². The van der Waals surface area contributed by atoms with Gasteiger partial charge in [0.15, 0.2) is 12.4 Å². The second kappa shape index (κ2) is 4.04. The Bertz CT molecular complexity index is 451. The normalized spacial score (nSPS) is 10.2. The summed E-state index contributed by atoms with van der Waals surface area (Å²) in [6, 6.07) is 7.78. The van der Waals surface area contributed by atoms with Crippen molar-refractivity contribution in [3.05, 3.63) is 42.0 Å². The van der Waals surface area contributed by atoms with E-state index in [1.54, 1.807) is 0 Å². The molecule has 4 heteroatoms. The summed E-state index contributed by atoms with van der Waals surface area (Å²) in [6.07, 6.45) is 1.40. The van der Waals surface area contributed by atoms with Gasteiger partial charge < -0.3 is 14.9 Å². The predicted molar refractivity (Wildman–Crippen MR) is 56.4 cm³/mol. The van der Waals surface area contributed by atoms with Crippen molar-refractivity contribution >= 4 is 5.82 Å². The monoisotopic (exact) mass is 204 g/mol. The van der Waals surface area contributed by atoms with Crippen molar-refractivity contribution in [1.29, 1.82) is 0 Å². The molecule has 0 aliphatic rings. The fourth-order valence-electron chi connectivity index (χ4n) is 1.25. The van der Waals surface area contributed by atoms with E-state index in [4.69, 9.17) is 14.9 Å². The summed E-state index contributed by atoms with van der Waals surface area (Å²) in [5, 5.41) is 0. The zero-order valence-corrected chi connectivity index (χ0v) is 8.43. The number of nitrogens with zero attached hydrogens (tertiary/aromatic N) is 1. The Hall–Kier alpha value is -1.97. The molecule has 1 aromatic heterocycles. The van der Waals surface area contributed by atoms with Crippen molar-refractivity contribution in [1.82, 2.24) is 4.98 Å². The Balaban J connectivity index is 2.02. The fraction of sp³-hybridized carbons (Fsp3) is 0.182. The molecule has 1 heterocycles. The van der Waals surface area contributed by atoms with Gasteiger partial charge >= 0.3 is 0 Å². The van der Waals surface area contributed by atoms with Crippen molar-refractivity contribution < 1.29 is 9.15 Å². The van der Waals surface area contributed by atoms with Crippen molar-refractivity contribution in [2.75, 3.05) is 5.73 Å². The predicted octanol–water partition coefficient (Wildman–Crippen LogP) is 2.14. The highest BCUT2D eigenvalue weighted by Crippen LogP contribution is 2.17. The lowest BCUT2D eigenvalue weighted by Gasteiger charge is -2.05. The number of nitrogen functional groups attached to an aromatic ring is 1. The van der Waals surface area contributed by atoms with Crippen LogP contribution in [0.15, 0.2) is 34.9 Å². The van der Waals surface area contributed by atoms with E-state index in [0.29, 0.717) is 18.3 Å². The maximum absolute atomic E-state index is 5.52. The lowest BCUT2D eigenvalue weighted by Crippen LogP contribution is -1.97. The second-order valence-corrected chi connectivity index (χ2v) is 3.22. The smallest absolute Gasteiger partial charge is 0.234 e. The molecule has 0 aliphatic heterocycles. The summed E-state index contributed by atoms with van der Waals surface area (Å²) in [5.74, 6) is 1.68. The number of benzene rings is 1. The minimum Gasteiger partial charge on any atom is -0.484 e. The van der Waals surface area contributed by atoms with Crippen LogP contribution in [0.1, 0.15) is 11.5 Å². The van der Waals surface area contributed by atoms with Crippen LogP contribution in [0.2, 0.25) is 0 Å². The fourth-order valence-corrected chi connectivity index (χ4v) is 1.25. The molecule has 2 aromatic rings. The molecule has 0 saturated heterocycles. The van der Waals surface area contributed by atoms with Gasteiger partial charge in [0, 0.05) is 0 Å². The summed E-state index contributed by atoms with van der Waals surface area (Å²) >= 11 is 0. The van der Waals surface area contributed by atoms with E-state index in [1.165, 1.54) is 6.26 Å². The molecule has 0 bridgehead atoms. The molecule has 2 N–H and O–H groups in total. The number of aryl methyl sites for hydroxylation is 1. The molecule has 0 unspecified atom stereocenters. The van der Waals surface area contributed by atoms with Gasteiger partial charge in [0.25, 0.3) is 0 Å². The molecule has 0 spiro atoms. The number of para-hydroxylation sites is 1.